The summed E-state index contributed by atoms with van der Waals surface area (Å²) in [6, 6.07) is 3.95. The van der Waals surface area contributed by atoms with Crippen LogP contribution >= 0.6 is 15.9 Å². The van der Waals surface area contributed by atoms with Crippen LogP contribution in [0.4, 0.5) is 0 Å². The molecular weight excluding hydrogens is 354 g/mol. The molecule has 132 valence electrons. The van der Waals surface area contributed by atoms with E-state index in [1.165, 1.54) is 0 Å². The van der Waals surface area contributed by atoms with Gasteiger partial charge < -0.3 is 14.8 Å². The monoisotopic (exact) mass is 385 g/mol. The minimum absolute atomic E-state index is 0.0376. The summed E-state index contributed by atoms with van der Waals surface area (Å²) in [6.07, 6.45) is 1.18. The Labute approximate surface area is 150 Å². The van der Waals surface area contributed by atoms with E-state index in [1.807, 2.05) is 26.0 Å². The minimum atomic E-state index is 0.0376. The van der Waals surface area contributed by atoms with Crippen molar-refractivity contribution in [3.63, 3.8) is 0 Å². The molecule has 0 fully saturated rings. The quantitative estimate of drug-likeness (QED) is 0.667. The summed E-state index contributed by atoms with van der Waals surface area (Å²) >= 11 is 3.65. The van der Waals surface area contributed by atoms with Gasteiger partial charge in [-0.05, 0) is 51.7 Å². The van der Waals surface area contributed by atoms with Crippen molar-refractivity contribution in [2.24, 2.45) is 5.41 Å². The molecule has 3 nitrogen and oxygen atoms in total. The molecule has 0 saturated carbocycles. The molecule has 0 saturated heterocycles. The Hall–Kier alpha value is -0.740. The number of hydrogen-bond donors (Lipinski definition) is 1. The van der Waals surface area contributed by atoms with Gasteiger partial charge in [0, 0.05) is 22.1 Å². The highest BCUT2D eigenvalue weighted by molar-refractivity contribution is 9.10. The van der Waals surface area contributed by atoms with Gasteiger partial charge in [0.15, 0.2) is 11.5 Å². The first-order valence-corrected chi connectivity index (χ1v) is 9.01. The molecule has 0 aliphatic rings. The molecule has 1 N–H and O–H groups in total. The maximum Gasteiger partial charge on any atom is 0.167 e. The van der Waals surface area contributed by atoms with Gasteiger partial charge in [0.25, 0.3) is 0 Å². The zero-order chi connectivity index (χ0) is 17.8. The van der Waals surface area contributed by atoms with Crippen molar-refractivity contribution in [2.45, 2.75) is 73.1 Å². The van der Waals surface area contributed by atoms with Crippen LogP contribution in [0.1, 0.15) is 60.5 Å². The summed E-state index contributed by atoms with van der Waals surface area (Å²) in [4.78, 5) is 0. The Bertz CT molecular complexity index is 519. The van der Waals surface area contributed by atoms with E-state index in [1.54, 1.807) is 7.11 Å². The lowest BCUT2D eigenvalue weighted by molar-refractivity contribution is 0.221. The van der Waals surface area contributed by atoms with E-state index in [0.29, 0.717) is 0 Å². The first-order chi connectivity index (χ1) is 10.4. The molecule has 1 aromatic rings. The lowest BCUT2D eigenvalue weighted by Gasteiger charge is -2.34. The van der Waals surface area contributed by atoms with Crippen LogP contribution < -0.4 is 14.8 Å². The number of rotatable bonds is 7. The maximum absolute atomic E-state index is 6.02. The van der Waals surface area contributed by atoms with Gasteiger partial charge in [-0.25, -0.2) is 0 Å². The van der Waals surface area contributed by atoms with E-state index >= 15 is 0 Å². The van der Waals surface area contributed by atoms with Gasteiger partial charge in [-0.1, -0.05) is 36.7 Å². The Kier molecular flexibility index (Phi) is 6.96. The Morgan fingerprint density at radius 1 is 1.13 bits per heavy atom. The molecule has 23 heavy (non-hydrogen) atoms. The predicted octanol–water partition coefficient (Wildman–Crippen LogP) is 5.55. The van der Waals surface area contributed by atoms with Crippen molar-refractivity contribution >= 4 is 15.9 Å². The van der Waals surface area contributed by atoms with Crippen LogP contribution in [0.5, 0.6) is 11.5 Å². The van der Waals surface area contributed by atoms with Crippen molar-refractivity contribution in [3.8, 4) is 11.5 Å². The van der Waals surface area contributed by atoms with Gasteiger partial charge in [0.2, 0.25) is 0 Å². The van der Waals surface area contributed by atoms with Crippen molar-refractivity contribution in [1.82, 2.24) is 5.32 Å². The van der Waals surface area contributed by atoms with Crippen molar-refractivity contribution in [3.05, 3.63) is 22.2 Å². The SMILES string of the molecule is COc1ccc(Br)c(CNC(C)(C)CC(C)(C)C)c1OC(C)C. The number of methoxy groups -OCH3 is 1. The fourth-order valence-corrected chi connectivity index (χ4v) is 3.44. The lowest BCUT2D eigenvalue weighted by Crippen LogP contribution is -2.42. The van der Waals surface area contributed by atoms with E-state index in [-0.39, 0.29) is 17.1 Å². The standard InChI is InChI=1S/C19H32BrNO2/c1-13(2)23-17-14(15(20)9-10-16(17)22-8)11-21-19(6,7)12-18(3,4)5/h9-10,13,21H,11-12H2,1-8H3. The molecule has 0 heterocycles. The first kappa shape index (κ1) is 20.3. The molecule has 0 atom stereocenters. The normalized spacial score (nSPS) is 12.6. The Morgan fingerprint density at radius 2 is 1.74 bits per heavy atom. The topological polar surface area (TPSA) is 30.5 Å². The fraction of sp³-hybridized carbons (Fsp3) is 0.684. The summed E-state index contributed by atoms with van der Waals surface area (Å²) in [7, 11) is 1.68. The molecular formula is C19H32BrNO2. The second-order valence-corrected chi connectivity index (χ2v) is 9.05. The van der Waals surface area contributed by atoms with Gasteiger partial charge in [-0.2, -0.15) is 0 Å². The van der Waals surface area contributed by atoms with Gasteiger partial charge in [-0.3, -0.25) is 0 Å². The second kappa shape index (κ2) is 7.89. The van der Waals surface area contributed by atoms with Gasteiger partial charge in [0.05, 0.1) is 13.2 Å². The largest absolute Gasteiger partial charge is 0.493 e. The highest BCUT2D eigenvalue weighted by Crippen LogP contribution is 2.37. The summed E-state index contributed by atoms with van der Waals surface area (Å²) in [5.74, 6) is 1.59. The third kappa shape index (κ3) is 6.72. The average Bonchev–Trinajstić information content (AvgIpc) is 2.34. The van der Waals surface area contributed by atoms with Crippen LogP contribution in [-0.2, 0) is 6.54 Å². The summed E-state index contributed by atoms with van der Waals surface area (Å²) < 4.78 is 12.5. The van der Waals surface area contributed by atoms with Gasteiger partial charge in [0.1, 0.15) is 0 Å². The minimum Gasteiger partial charge on any atom is -0.493 e. The summed E-state index contributed by atoms with van der Waals surface area (Å²) in [5, 5.41) is 3.67. The van der Waals surface area contributed by atoms with Crippen LogP contribution in [0.3, 0.4) is 0 Å². The third-order valence-electron chi connectivity index (χ3n) is 3.46. The summed E-state index contributed by atoms with van der Waals surface area (Å²) in [5.41, 5.74) is 1.41. The maximum atomic E-state index is 6.02. The van der Waals surface area contributed by atoms with E-state index in [0.717, 1.165) is 34.5 Å². The van der Waals surface area contributed by atoms with Crippen LogP contribution in [0.2, 0.25) is 0 Å². The first-order valence-electron chi connectivity index (χ1n) is 8.22. The number of hydrogen-bond acceptors (Lipinski definition) is 3. The van der Waals surface area contributed by atoms with E-state index in [2.05, 4.69) is 55.9 Å². The number of nitrogens with one attached hydrogen (secondary N) is 1. The van der Waals surface area contributed by atoms with E-state index in [4.69, 9.17) is 9.47 Å². The molecule has 0 radical (unpaired) electrons. The molecule has 0 aromatic heterocycles. The van der Waals surface area contributed by atoms with Crippen LogP contribution in [-0.4, -0.2) is 18.8 Å². The van der Waals surface area contributed by atoms with Crippen molar-refractivity contribution in [2.75, 3.05) is 7.11 Å². The molecule has 0 bridgehead atoms. The Morgan fingerprint density at radius 3 is 2.22 bits per heavy atom. The predicted molar refractivity (Wildman–Crippen MR) is 101 cm³/mol. The molecule has 4 heteroatoms. The van der Waals surface area contributed by atoms with Gasteiger partial charge in [-0.15, -0.1) is 0 Å². The molecule has 0 amide bonds. The van der Waals surface area contributed by atoms with Crippen LogP contribution in [0.25, 0.3) is 0 Å². The lowest BCUT2D eigenvalue weighted by atomic mass is 9.81. The zero-order valence-corrected chi connectivity index (χ0v) is 17.4. The number of ether oxygens (including phenoxy) is 2. The summed E-state index contributed by atoms with van der Waals surface area (Å²) in [6.45, 7) is 16.1. The molecule has 0 aliphatic heterocycles. The van der Waals surface area contributed by atoms with E-state index in [9.17, 15) is 0 Å². The Balaban J connectivity index is 3.03. The number of benzene rings is 1. The second-order valence-electron chi connectivity index (χ2n) is 8.20. The van der Waals surface area contributed by atoms with Crippen LogP contribution in [0, 0.1) is 5.41 Å². The third-order valence-corrected chi connectivity index (χ3v) is 4.20. The van der Waals surface area contributed by atoms with Gasteiger partial charge >= 0.3 is 0 Å². The fourth-order valence-electron chi connectivity index (χ4n) is 2.99. The molecule has 0 spiro atoms. The zero-order valence-electron chi connectivity index (χ0n) is 15.8. The molecule has 1 aromatic carbocycles. The number of halogens is 1. The van der Waals surface area contributed by atoms with Crippen LogP contribution in [0.15, 0.2) is 16.6 Å². The van der Waals surface area contributed by atoms with Crippen molar-refractivity contribution < 1.29 is 9.47 Å². The molecule has 0 unspecified atom stereocenters. The van der Waals surface area contributed by atoms with E-state index < -0.39 is 0 Å². The molecule has 0 aliphatic carbocycles. The highest BCUT2D eigenvalue weighted by atomic mass is 79.9. The molecule has 1 rings (SSSR count). The smallest absolute Gasteiger partial charge is 0.167 e. The average molecular weight is 386 g/mol. The highest BCUT2D eigenvalue weighted by Gasteiger charge is 2.26. The van der Waals surface area contributed by atoms with Crippen molar-refractivity contribution in [1.29, 1.82) is 0 Å².